The van der Waals surface area contributed by atoms with Crippen LogP contribution in [-0.2, 0) is 6.54 Å². The topological polar surface area (TPSA) is 49.3 Å². The van der Waals surface area contributed by atoms with Crippen LogP contribution in [0.25, 0.3) is 0 Å². The highest BCUT2D eigenvalue weighted by Gasteiger charge is 2.18. The lowest BCUT2D eigenvalue weighted by Gasteiger charge is -2.07. The molecule has 3 nitrogen and oxygen atoms in total. The number of carbonyl (C=O) groups is 1. The summed E-state index contributed by atoms with van der Waals surface area (Å²) in [6, 6.07) is 6.91. The molecule has 0 unspecified atom stereocenters. The highest BCUT2D eigenvalue weighted by atomic mass is 19.1. The minimum Gasteiger partial charge on any atom is -0.508 e. The molecule has 2 aromatic rings. The number of benzene rings is 2. The molecule has 104 valence electrons. The third-order valence-electron chi connectivity index (χ3n) is 2.60. The summed E-state index contributed by atoms with van der Waals surface area (Å²) in [5.41, 5.74) is -0.284. The number of amides is 1. The molecule has 0 saturated carbocycles. The molecule has 0 fully saturated rings. The van der Waals surface area contributed by atoms with Crippen molar-refractivity contribution < 1.29 is 23.1 Å². The zero-order chi connectivity index (χ0) is 14.7. The second kappa shape index (κ2) is 5.64. The van der Waals surface area contributed by atoms with E-state index in [-0.39, 0.29) is 12.3 Å². The number of aromatic hydroxyl groups is 1. The SMILES string of the molecule is O=C(NCc1cccc(O)c1)c1c(F)cc(F)cc1F. The number of rotatable bonds is 3. The van der Waals surface area contributed by atoms with Gasteiger partial charge in [-0.1, -0.05) is 12.1 Å². The van der Waals surface area contributed by atoms with Crippen LogP contribution in [0, 0.1) is 17.5 Å². The minimum absolute atomic E-state index is 0.0101. The van der Waals surface area contributed by atoms with Crippen molar-refractivity contribution in [1.29, 1.82) is 0 Å². The number of phenols is 1. The van der Waals surface area contributed by atoms with Crippen LogP contribution in [0.4, 0.5) is 13.2 Å². The molecule has 0 aliphatic carbocycles. The number of hydrogen-bond donors (Lipinski definition) is 2. The molecule has 2 rings (SSSR count). The molecule has 2 aromatic carbocycles. The van der Waals surface area contributed by atoms with Gasteiger partial charge in [-0.25, -0.2) is 13.2 Å². The van der Waals surface area contributed by atoms with Crippen LogP contribution >= 0.6 is 0 Å². The summed E-state index contributed by atoms with van der Waals surface area (Å²) in [5, 5.41) is 11.5. The van der Waals surface area contributed by atoms with Crippen molar-refractivity contribution in [2.75, 3.05) is 0 Å². The van der Waals surface area contributed by atoms with Crippen molar-refractivity contribution in [3.8, 4) is 5.75 Å². The summed E-state index contributed by atoms with van der Waals surface area (Å²) in [6.07, 6.45) is 0. The molecule has 6 heteroatoms. The molecule has 0 saturated heterocycles. The third-order valence-corrected chi connectivity index (χ3v) is 2.60. The Kier molecular flexibility index (Phi) is 3.93. The Morgan fingerprint density at radius 3 is 2.35 bits per heavy atom. The molecular weight excluding hydrogens is 271 g/mol. The smallest absolute Gasteiger partial charge is 0.257 e. The number of carbonyl (C=O) groups excluding carboxylic acids is 1. The summed E-state index contributed by atoms with van der Waals surface area (Å²) >= 11 is 0. The van der Waals surface area contributed by atoms with Crippen LogP contribution in [0.1, 0.15) is 15.9 Å². The van der Waals surface area contributed by atoms with E-state index in [0.717, 1.165) is 0 Å². The van der Waals surface area contributed by atoms with E-state index in [9.17, 15) is 23.1 Å². The Morgan fingerprint density at radius 2 is 1.75 bits per heavy atom. The molecule has 0 spiro atoms. The summed E-state index contributed by atoms with van der Waals surface area (Å²) in [4.78, 5) is 11.7. The van der Waals surface area contributed by atoms with Gasteiger partial charge < -0.3 is 10.4 Å². The van der Waals surface area contributed by atoms with E-state index in [0.29, 0.717) is 17.7 Å². The van der Waals surface area contributed by atoms with Crippen molar-refractivity contribution in [3.05, 3.63) is 65.0 Å². The van der Waals surface area contributed by atoms with E-state index in [4.69, 9.17) is 0 Å². The van der Waals surface area contributed by atoms with E-state index in [2.05, 4.69) is 5.32 Å². The van der Waals surface area contributed by atoms with E-state index < -0.39 is 28.9 Å². The minimum atomic E-state index is -1.27. The molecular formula is C14H10F3NO2. The highest BCUT2D eigenvalue weighted by molar-refractivity contribution is 5.94. The van der Waals surface area contributed by atoms with Gasteiger partial charge in [0.25, 0.3) is 5.91 Å². The summed E-state index contributed by atoms with van der Waals surface area (Å²) in [5.74, 6) is -4.62. The van der Waals surface area contributed by atoms with Crippen molar-refractivity contribution in [3.63, 3.8) is 0 Å². The van der Waals surface area contributed by atoms with Crippen molar-refractivity contribution in [2.24, 2.45) is 0 Å². The Morgan fingerprint density at radius 1 is 1.10 bits per heavy atom. The van der Waals surface area contributed by atoms with Gasteiger partial charge in [0.05, 0.1) is 0 Å². The van der Waals surface area contributed by atoms with Gasteiger partial charge in [0, 0.05) is 18.7 Å². The Bertz CT molecular complexity index is 636. The van der Waals surface area contributed by atoms with Gasteiger partial charge in [-0.15, -0.1) is 0 Å². The fourth-order valence-corrected chi connectivity index (χ4v) is 1.70. The maximum Gasteiger partial charge on any atom is 0.257 e. The van der Waals surface area contributed by atoms with Gasteiger partial charge in [0.1, 0.15) is 28.8 Å². The first-order valence-corrected chi connectivity index (χ1v) is 5.68. The number of phenolic OH excluding ortho intramolecular Hbond substituents is 1. The first kappa shape index (κ1) is 13.9. The van der Waals surface area contributed by atoms with Crippen LogP contribution in [0.3, 0.4) is 0 Å². The zero-order valence-electron chi connectivity index (χ0n) is 10.2. The normalized spacial score (nSPS) is 10.3. The molecule has 2 N–H and O–H groups in total. The lowest BCUT2D eigenvalue weighted by Crippen LogP contribution is -2.25. The molecule has 0 radical (unpaired) electrons. The van der Waals surface area contributed by atoms with Crippen molar-refractivity contribution >= 4 is 5.91 Å². The van der Waals surface area contributed by atoms with Crippen LogP contribution in [0.2, 0.25) is 0 Å². The van der Waals surface area contributed by atoms with E-state index in [1.165, 1.54) is 12.1 Å². The summed E-state index contributed by atoms with van der Waals surface area (Å²) < 4.78 is 39.5. The lowest BCUT2D eigenvalue weighted by atomic mass is 10.1. The van der Waals surface area contributed by atoms with Crippen LogP contribution in [0.15, 0.2) is 36.4 Å². The second-order valence-corrected chi connectivity index (χ2v) is 4.10. The Labute approximate surface area is 112 Å². The number of hydrogen-bond acceptors (Lipinski definition) is 2. The number of nitrogens with one attached hydrogen (secondary N) is 1. The van der Waals surface area contributed by atoms with Crippen LogP contribution in [-0.4, -0.2) is 11.0 Å². The average Bonchev–Trinajstić information content (AvgIpc) is 2.35. The quantitative estimate of drug-likeness (QED) is 0.908. The molecule has 0 aliphatic heterocycles. The average molecular weight is 281 g/mol. The standard InChI is InChI=1S/C14H10F3NO2/c15-9-5-11(16)13(12(17)6-9)14(20)18-7-8-2-1-3-10(19)4-8/h1-6,19H,7H2,(H,18,20). The van der Waals surface area contributed by atoms with E-state index in [1.54, 1.807) is 12.1 Å². The van der Waals surface area contributed by atoms with E-state index in [1.807, 2.05) is 0 Å². The van der Waals surface area contributed by atoms with Gasteiger partial charge in [0.15, 0.2) is 0 Å². The van der Waals surface area contributed by atoms with Crippen LogP contribution < -0.4 is 5.32 Å². The van der Waals surface area contributed by atoms with Gasteiger partial charge in [-0.05, 0) is 17.7 Å². The van der Waals surface area contributed by atoms with Crippen molar-refractivity contribution in [1.82, 2.24) is 5.32 Å². The van der Waals surface area contributed by atoms with Gasteiger partial charge in [0.2, 0.25) is 0 Å². The fourth-order valence-electron chi connectivity index (χ4n) is 1.70. The van der Waals surface area contributed by atoms with E-state index >= 15 is 0 Å². The molecule has 0 heterocycles. The lowest BCUT2D eigenvalue weighted by molar-refractivity contribution is 0.0942. The van der Waals surface area contributed by atoms with Crippen LogP contribution in [0.5, 0.6) is 5.75 Å². The molecule has 0 bridgehead atoms. The maximum atomic E-state index is 13.4. The molecule has 0 aliphatic rings. The highest BCUT2D eigenvalue weighted by Crippen LogP contribution is 2.15. The second-order valence-electron chi connectivity index (χ2n) is 4.10. The summed E-state index contributed by atoms with van der Waals surface area (Å²) in [6.45, 7) is -0.0243. The number of halogens is 3. The Balaban J connectivity index is 2.13. The van der Waals surface area contributed by atoms with Crippen molar-refractivity contribution in [2.45, 2.75) is 6.54 Å². The molecule has 1 amide bonds. The molecule has 0 atom stereocenters. The first-order valence-electron chi connectivity index (χ1n) is 5.68. The summed E-state index contributed by atoms with van der Waals surface area (Å²) in [7, 11) is 0. The molecule has 20 heavy (non-hydrogen) atoms. The predicted molar refractivity (Wildman–Crippen MR) is 65.6 cm³/mol. The van der Waals surface area contributed by atoms with Gasteiger partial charge in [-0.3, -0.25) is 4.79 Å². The first-order chi connectivity index (χ1) is 9.47. The fraction of sp³-hybridized carbons (Fsp3) is 0.0714. The van der Waals surface area contributed by atoms with Gasteiger partial charge >= 0.3 is 0 Å². The third kappa shape index (κ3) is 3.09. The Hall–Kier alpha value is -2.50. The zero-order valence-corrected chi connectivity index (χ0v) is 10.2. The largest absolute Gasteiger partial charge is 0.508 e. The van der Waals surface area contributed by atoms with Gasteiger partial charge in [-0.2, -0.15) is 0 Å². The maximum absolute atomic E-state index is 13.4. The molecule has 0 aromatic heterocycles. The predicted octanol–water partition coefficient (Wildman–Crippen LogP) is 2.74. The monoisotopic (exact) mass is 281 g/mol.